The second-order valence-corrected chi connectivity index (χ2v) is 18.6. The van der Waals surface area contributed by atoms with Crippen LogP contribution in [0.5, 0.6) is 17.2 Å². The van der Waals surface area contributed by atoms with E-state index in [9.17, 15) is 15.0 Å². The number of aryl methyl sites for hydroxylation is 2. The molecule has 0 bridgehead atoms. The smallest absolute Gasteiger partial charge is 0.410 e. The number of nitrogens with zero attached hydrogens (tertiary/aromatic N) is 2. The minimum absolute atomic E-state index is 0.0984. The van der Waals surface area contributed by atoms with Crippen LogP contribution in [0.4, 0.5) is 4.79 Å². The van der Waals surface area contributed by atoms with Gasteiger partial charge >= 0.3 is 6.09 Å². The lowest BCUT2D eigenvalue weighted by atomic mass is 9.55. The molecular weight excluding hydrogens is 733 g/mol. The number of aliphatic hydroxyl groups excluding tert-OH is 2. The molecule has 3 aliphatic rings. The number of amides is 1. The molecule has 10 nitrogen and oxygen atoms in total. The maximum absolute atomic E-state index is 14.4. The first kappa shape index (κ1) is 45.2. The van der Waals surface area contributed by atoms with Gasteiger partial charge in [0.1, 0.15) is 28.9 Å². The van der Waals surface area contributed by atoms with E-state index in [2.05, 4.69) is 51.6 Å². The SMILES string of the molecule is C=CCO[C@@]12Oc3ccc(Oc4ccc(C)c(C)c4)cc3[C@H]3[C@H](CCCCO)[C@@H](CCCCO)C=C(C(=NOC(C)(C)C)C[C@@H]1N(CCC)C(=O)OCC(C)(C)C)[C@H]32. The Bertz CT molecular complexity index is 1770. The first-order chi connectivity index (χ1) is 27.6. The van der Waals surface area contributed by atoms with Gasteiger partial charge in [0.2, 0.25) is 5.79 Å². The van der Waals surface area contributed by atoms with E-state index >= 15 is 0 Å². The van der Waals surface area contributed by atoms with Crippen molar-refractivity contribution in [2.24, 2.45) is 28.3 Å². The molecule has 0 spiro atoms. The highest BCUT2D eigenvalue weighted by Crippen LogP contribution is 2.62. The van der Waals surface area contributed by atoms with Gasteiger partial charge in [-0.15, -0.1) is 6.58 Å². The normalized spacial score (nSPS) is 24.6. The summed E-state index contributed by atoms with van der Waals surface area (Å²) < 4.78 is 27.1. The number of unbranched alkanes of at least 4 members (excludes halogenated alkanes) is 2. The van der Waals surface area contributed by atoms with Gasteiger partial charge in [-0.3, -0.25) is 4.90 Å². The molecular formula is C48H70N2O8. The van der Waals surface area contributed by atoms with Crippen molar-refractivity contribution in [3.63, 3.8) is 0 Å². The number of ether oxygens (including phenoxy) is 4. The van der Waals surface area contributed by atoms with Gasteiger partial charge in [-0.05, 0) is 131 Å². The summed E-state index contributed by atoms with van der Waals surface area (Å²) in [6.45, 7) is 23.4. The Labute approximate surface area is 347 Å². The first-order valence-corrected chi connectivity index (χ1v) is 21.5. The molecule has 320 valence electrons. The number of hydrogen-bond acceptors (Lipinski definition) is 9. The van der Waals surface area contributed by atoms with Gasteiger partial charge in [0.25, 0.3) is 0 Å². The van der Waals surface area contributed by atoms with E-state index in [1.54, 1.807) is 11.0 Å². The molecule has 6 atom stereocenters. The molecule has 0 radical (unpaired) electrons. The Balaban J connectivity index is 1.79. The summed E-state index contributed by atoms with van der Waals surface area (Å²) >= 11 is 0. The molecule has 2 aromatic carbocycles. The lowest BCUT2D eigenvalue weighted by Gasteiger charge is -2.60. The van der Waals surface area contributed by atoms with E-state index in [-0.39, 0.29) is 49.6 Å². The number of benzene rings is 2. The van der Waals surface area contributed by atoms with Crippen LogP contribution in [0, 0.1) is 37.0 Å². The Kier molecular flexibility index (Phi) is 15.2. The van der Waals surface area contributed by atoms with Crippen LogP contribution in [0.25, 0.3) is 0 Å². The highest BCUT2D eigenvalue weighted by Gasteiger charge is 2.65. The van der Waals surface area contributed by atoms with Gasteiger partial charge in [-0.25, -0.2) is 4.79 Å². The van der Waals surface area contributed by atoms with Gasteiger partial charge < -0.3 is 34.0 Å². The monoisotopic (exact) mass is 803 g/mol. The van der Waals surface area contributed by atoms with Gasteiger partial charge in [-0.1, -0.05) is 63.9 Å². The van der Waals surface area contributed by atoms with E-state index in [1.807, 2.05) is 59.7 Å². The van der Waals surface area contributed by atoms with E-state index in [0.29, 0.717) is 43.7 Å². The number of aliphatic hydroxyl groups is 2. The Hall–Kier alpha value is -3.86. The molecule has 1 aliphatic heterocycles. The summed E-state index contributed by atoms with van der Waals surface area (Å²) in [6.07, 6.45) is 9.46. The van der Waals surface area contributed by atoms with Crippen LogP contribution in [0.3, 0.4) is 0 Å². The molecule has 2 aromatic rings. The van der Waals surface area contributed by atoms with Crippen molar-refractivity contribution in [3.05, 3.63) is 77.4 Å². The Morgan fingerprint density at radius 2 is 1.67 bits per heavy atom. The summed E-state index contributed by atoms with van der Waals surface area (Å²) in [4.78, 5) is 22.5. The minimum Gasteiger partial charge on any atom is -0.459 e. The third kappa shape index (κ3) is 10.7. The largest absolute Gasteiger partial charge is 0.459 e. The minimum atomic E-state index is -1.35. The quantitative estimate of drug-likeness (QED) is 0.0869. The second kappa shape index (κ2) is 19.5. The van der Waals surface area contributed by atoms with Crippen LogP contribution >= 0.6 is 0 Å². The van der Waals surface area contributed by atoms with E-state index < -0.39 is 29.4 Å². The van der Waals surface area contributed by atoms with Gasteiger partial charge in [-0.2, -0.15) is 0 Å². The zero-order valence-corrected chi connectivity index (χ0v) is 36.6. The zero-order valence-electron chi connectivity index (χ0n) is 36.6. The molecule has 1 fully saturated rings. The van der Waals surface area contributed by atoms with Gasteiger partial charge in [0.15, 0.2) is 0 Å². The van der Waals surface area contributed by atoms with Crippen LogP contribution in [0.2, 0.25) is 0 Å². The zero-order chi connectivity index (χ0) is 42.3. The number of rotatable bonds is 18. The predicted octanol–water partition coefficient (Wildman–Crippen LogP) is 10.4. The number of allylic oxidation sites excluding steroid dienone is 1. The lowest BCUT2D eigenvalue weighted by Crippen LogP contribution is -2.70. The summed E-state index contributed by atoms with van der Waals surface area (Å²) in [5, 5.41) is 24.8. The van der Waals surface area contributed by atoms with E-state index in [1.165, 1.54) is 5.56 Å². The van der Waals surface area contributed by atoms with Crippen LogP contribution in [-0.4, -0.2) is 77.3 Å². The topological polar surface area (TPSA) is 119 Å². The molecule has 2 N–H and O–H groups in total. The third-order valence-electron chi connectivity index (χ3n) is 11.5. The molecule has 0 unspecified atom stereocenters. The molecule has 5 rings (SSSR count). The number of fused-ring (bicyclic) bond motifs is 2. The summed E-state index contributed by atoms with van der Waals surface area (Å²) in [6, 6.07) is 11.5. The highest BCUT2D eigenvalue weighted by atomic mass is 16.7. The van der Waals surface area contributed by atoms with Crippen LogP contribution in [-0.2, 0) is 14.3 Å². The number of carbonyl (C=O) groups is 1. The molecule has 0 aromatic heterocycles. The summed E-state index contributed by atoms with van der Waals surface area (Å²) in [5.41, 5.74) is 4.29. The van der Waals surface area contributed by atoms with E-state index in [0.717, 1.165) is 53.8 Å². The van der Waals surface area contributed by atoms with Crippen molar-refractivity contribution in [3.8, 4) is 17.2 Å². The highest BCUT2D eigenvalue weighted by molar-refractivity contribution is 6.03. The van der Waals surface area contributed by atoms with Crippen molar-refractivity contribution >= 4 is 11.8 Å². The molecule has 58 heavy (non-hydrogen) atoms. The third-order valence-corrected chi connectivity index (χ3v) is 11.5. The molecule has 1 heterocycles. The fraction of sp³-hybridized carbons (Fsp3) is 0.625. The fourth-order valence-electron chi connectivity index (χ4n) is 8.79. The Morgan fingerprint density at radius 3 is 2.31 bits per heavy atom. The Morgan fingerprint density at radius 1 is 0.983 bits per heavy atom. The average Bonchev–Trinajstić information content (AvgIpc) is 3.16. The maximum atomic E-state index is 14.4. The lowest BCUT2D eigenvalue weighted by molar-refractivity contribution is -0.255. The molecule has 0 saturated heterocycles. The first-order valence-electron chi connectivity index (χ1n) is 21.5. The average molecular weight is 803 g/mol. The van der Waals surface area contributed by atoms with Crippen LogP contribution in [0.1, 0.15) is 122 Å². The fourth-order valence-corrected chi connectivity index (χ4v) is 8.79. The predicted molar refractivity (Wildman–Crippen MR) is 230 cm³/mol. The van der Waals surface area contributed by atoms with Gasteiger partial charge in [0.05, 0.1) is 24.8 Å². The summed E-state index contributed by atoms with van der Waals surface area (Å²) in [7, 11) is 0. The van der Waals surface area contributed by atoms with E-state index in [4.69, 9.17) is 28.9 Å². The summed E-state index contributed by atoms with van der Waals surface area (Å²) in [5.74, 6) is 0.418. The van der Waals surface area contributed by atoms with Crippen molar-refractivity contribution < 1.29 is 38.8 Å². The van der Waals surface area contributed by atoms with Crippen molar-refractivity contribution in [1.29, 1.82) is 0 Å². The number of hydrogen-bond donors (Lipinski definition) is 2. The molecule has 1 amide bonds. The van der Waals surface area contributed by atoms with Crippen molar-refractivity contribution in [2.45, 2.75) is 137 Å². The van der Waals surface area contributed by atoms with Crippen LogP contribution < -0.4 is 9.47 Å². The van der Waals surface area contributed by atoms with Crippen molar-refractivity contribution in [1.82, 2.24) is 4.90 Å². The molecule has 2 aliphatic carbocycles. The maximum Gasteiger partial charge on any atom is 0.410 e. The number of carbonyl (C=O) groups excluding carboxylic acids is 1. The van der Waals surface area contributed by atoms with Gasteiger partial charge in [0, 0.05) is 37.7 Å². The molecule has 1 saturated carbocycles. The number of oxime groups is 1. The second-order valence-electron chi connectivity index (χ2n) is 18.6. The van der Waals surface area contributed by atoms with Crippen LogP contribution in [0.15, 0.2) is 65.9 Å². The van der Waals surface area contributed by atoms with Crippen molar-refractivity contribution in [2.75, 3.05) is 33.0 Å². The standard InChI is InChI=1S/C48H70N2O8/c1-11-23-50(45(53)54-31-46(5,6)7)42-30-40(49-58-47(8,9)10)38-28-34(17-13-15-24-51)37(18-14-16-25-52)43-39-29-36(56-35-20-19-32(3)33(4)27-35)21-22-41(39)57-48(42,44(38)43)55-26-12-2/h12,19-22,27-29,34,37,42-44,51-52H,2,11,13-18,23-26,30-31H2,1,3-10H3/t34-,37+,42-,43+,44+,48+/m0/s1. The molecule has 10 heteroatoms.